The second-order valence-electron chi connectivity index (χ2n) is 5.33. The van der Waals surface area contributed by atoms with E-state index in [9.17, 15) is 4.79 Å². The number of hydrogen-bond donors (Lipinski definition) is 2. The Hall–Kier alpha value is -0.610. The first kappa shape index (κ1) is 12.5. The van der Waals surface area contributed by atoms with Crippen LogP contribution in [-0.2, 0) is 4.79 Å². The molecule has 4 heteroatoms. The Morgan fingerprint density at radius 3 is 2.40 bits per heavy atom. The summed E-state index contributed by atoms with van der Waals surface area (Å²) in [4.78, 5) is 13.8. The fourth-order valence-electron chi connectivity index (χ4n) is 1.52. The van der Waals surface area contributed by atoms with Crippen molar-refractivity contribution in [2.24, 2.45) is 11.1 Å². The van der Waals surface area contributed by atoms with Gasteiger partial charge in [0.1, 0.15) is 0 Å². The normalized spacial score (nSPS) is 18.7. The van der Waals surface area contributed by atoms with Crippen molar-refractivity contribution in [3.05, 3.63) is 0 Å². The number of carbonyl (C=O) groups is 1. The highest BCUT2D eigenvalue weighted by atomic mass is 16.3. The summed E-state index contributed by atoms with van der Waals surface area (Å²) >= 11 is 0. The summed E-state index contributed by atoms with van der Waals surface area (Å²) in [7, 11) is 0. The molecular weight excluding hydrogens is 192 g/mol. The zero-order valence-electron chi connectivity index (χ0n) is 9.86. The number of nitrogens with two attached hydrogens (primary N) is 1. The SMILES string of the molecule is CC(C)(C)[C@H](N)C(=O)N(CCO)C1CC1. The predicted molar refractivity (Wildman–Crippen MR) is 59.3 cm³/mol. The van der Waals surface area contributed by atoms with Crippen LogP contribution in [0.3, 0.4) is 0 Å². The molecule has 1 amide bonds. The molecule has 4 nitrogen and oxygen atoms in total. The number of hydrogen-bond acceptors (Lipinski definition) is 3. The monoisotopic (exact) mass is 214 g/mol. The van der Waals surface area contributed by atoms with Gasteiger partial charge in [0, 0.05) is 12.6 Å². The highest BCUT2D eigenvalue weighted by Gasteiger charge is 2.37. The Kier molecular flexibility index (Phi) is 3.73. The van der Waals surface area contributed by atoms with E-state index in [4.69, 9.17) is 10.8 Å². The summed E-state index contributed by atoms with van der Waals surface area (Å²) in [5.74, 6) is -0.0287. The van der Waals surface area contributed by atoms with E-state index in [0.717, 1.165) is 12.8 Å². The molecule has 0 aromatic carbocycles. The molecule has 15 heavy (non-hydrogen) atoms. The third-order valence-corrected chi connectivity index (χ3v) is 2.81. The summed E-state index contributed by atoms with van der Waals surface area (Å²) in [5, 5.41) is 8.91. The van der Waals surface area contributed by atoms with Crippen LogP contribution >= 0.6 is 0 Å². The van der Waals surface area contributed by atoms with Crippen LogP contribution in [0, 0.1) is 5.41 Å². The van der Waals surface area contributed by atoms with Crippen molar-refractivity contribution < 1.29 is 9.90 Å². The second kappa shape index (κ2) is 4.49. The summed E-state index contributed by atoms with van der Waals surface area (Å²) in [5.41, 5.74) is 5.70. The summed E-state index contributed by atoms with van der Waals surface area (Å²) in [6.45, 7) is 6.30. The average Bonchev–Trinajstić information content (AvgIpc) is 2.93. The molecule has 1 saturated carbocycles. The fourth-order valence-corrected chi connectivity index (χ4v) is 1.52. The summed E-state index contributed by atoms with van der Waals surface area (Å²) in [6.07, 6.45) is 2.09. The zero-order chi connectivity index (χ0) is 11.6. The van der Waals surface area contributed by atoms with Crippen LogP contribution in [0.15, 0.2) is 0 Å². The number of rotatable bonds is 4. The van der Waals surface area contributed by atoms with E-state index in [1.54, 1.807) is 4.90 Å². The van der Waals surface area contributed by atoms with Gasteiger partial charge in [-0.3, -0.25) is 4.79 Å². The average molecular weight is 214 g/mol. The number of amides is 1. The Bertz CT molecular complexity index is 231. The van der Waals surface area contributed by atoms with E-state index in [2.05, 4.69) is 0 Å². The van der Waals surface area contributed by atoms with Crippen LogP contribution in [0.25, 0.3) is 0 Å². The third-order valence-electron chi connectivity index (χ3n) is 2.81. The van der Waals surface area contributed by atoms with Crippen molar-refractivity contribution in [2.75, 3.05) is 13.2 Å². The molecule has 0 heterocycles. The molecule has 0 aliphatic heterocycles. The Morgan fingerprint density at radius 2 is 2.07 bits per heavy atom. The maximum Gasteiger partial charge on any atom is 0.240 e. The summed E-state index contributed by atoms with van der Waals surface area (Å²) < 4.78 is 0. The van der Waals surface area contributed by atoms with Gasteiger partial charge in [-0.05, 0) is 18.3 Å². The van der Waals surface area contributed by atoms with Crippen LogP contribution in [0.5, 0.6) is 0 Å². The highest BCUT2D eigenvalue weighted by Crippen LogP contribution is 2.29. The van der Waals surface area contributed by atoms with Gasteiger partial charge in [0.2, 0.25) is 5.91 Å². The van der Waals surface area contributed by atoms with Gasteiger partial charge in [-0.2, -0.15) is 0 Å². The fraction of sp³-hybridized carbons (Fsp3) is 0.909. The van der Waals surface area contributed by atoms with Gasteiger partial charge in [-0.1, -0.05) is 20.8 Å². The molecule has 3 N–H and O–H groups in total. The van der Waals surface area contributed by atoms with Crippen molar-refractivity contribution in [3.8, 4) is 0 Å². The predicted octanol–water partition coefficient (Wildman–Crippen LogP) is 0.343. The van der Waals surface area contributed by atoms with E-state index >= 15 is 0 Å². The molecule has 0 unspecified atom stereocenters. The Morgan fingerprint density at radius 1 is 1.53 bits per heavy atom. The van der Waals surface area contributed by atoms with Gasteiger partial charge in [0.15, 0.2) is 0 Å². The maximum absolute atomic E-state index is 12.1. The van der Waals surface area contributed by atoms with E-state index in [1.807, 2.05) is 20.8 Å². The minimum absolute atomic E-state index is 0.0130. The molecule has 0 aromatic rings. The van der Waals surface area contributed by atoms with Crippen molar-refractivity contribution in [2.45, 2.75) is 45.7 Å². The molecule has 88 valence electrons. The van der Waals surface area contributed by atoms with E-state index < -0.39 is 6.04 Å². The lowest BCUT2D eigenvalue weighted by Gasteiger charge is -2.31. The lowest BCUT2D eigenvalue weighted by molar-refractivity contribution is -0.136. The van der Waals surface area contributed by atoms with Crippen molar-refractivity contribution in [1.82, 2.24) is 4.90 Å². The van der Waals surface area contributed by atoms with Crippen LogP contribution in [0.4, 0.5) is 0 Å². The first-order valence-electron chi connectivity index (χ1n) is 5.55. The Labute approximate surface area is 91.4 Å². The number of nitrogens with zero attached hydrogens (tertiary/aromatic N) is 1. The smallest absolute Gasteiger partial charge is 0.240 e. The standard InChI is InChI=1S/C11H22N2O2/c1-11(2,3)9(12)10(15)13(6-7-14)8-4-5-8/h8-9,14H,4-7,12H2,1-3H3/t9-/m1/s1. The number of carbonyl (C=O) groups excluding carboxylic acids is 1. The van der Waals surface area contributed by atoms with Gasteiger partial charge in [-0.15, -0.1) is 0 Å². The van der Waals surface area contributed by atoms with Gasteiger partial charge in [0.25, 0.3) is 0 Å². The first-order chi connectivity index (χ1) is 6.88. The molecule has 0 bridgehead atoms. The minimum atomic E-state index is -0.482. The van der Waals surface area contributed by atoms with Crippen molar-refractivity contribution in [1.29, 1.82) is 0 Å². The molecule has 1 aliphatic rings. The third kappa shape index (κ3) is 3.18. The van der Waals surface area contributed by atoms with E-state index in [1.165, 1.54) is 0 Å². The molecule has 1 fully saturated rings. The molecule has 0 aromatic heterocycles. The maximum atomic E-state index is 12.1. The van der Waals surface area contributed by atoms with E-state index in [-0.39, 0.29) is 17.9 Å². The molecule has 1 atom stereocenters. The van der Waals surface area contributed by atoms with Crippen LogP contribution in [0.1, 0.15) is 33.6 Å². The lowest BCUT2D eigenvalue weighted by atomic mass is 9.86. The summed E-state index contributed by atoms with van der Waals surface area (Å²) in [6, 6.07) is -0.164. The van der Waals surface area contributed by atoms with Crippen LogP contribution in [-0.4, -0.2) is 41.1 Å². The number of aliphatic hydroxyl groups excluding tert-OH is 1. The Balaban J connectivity index is 2.63. The first-order valence-corrected chi connectivity index (χ1v) is 5.55. The molecule has 1 aliphatic carbocycles. The zero-order valence-corrected chi connectivity index (χ0v) is 9.86. The topological polar surface area (TPSA) is 66.6 Å². The number of aliphatic hydroxyl groups is 1. The second-order valence-corrected chi connectivity index (χ2v) is 5.33. The van der Waals surface area contributed by atoms with Gasteiger partial charge in [-0.25, -0.2) is 0 Å². The largest absolute Gasteiger partial charge is 0.395 e. The highest BCUT2D eigenvalue weighted by molar-refractivity contribution is 5.83. The molecule has 0 saturated heterocycles. The van der Waals surface area contributed by atoms with Crippen molar-refractivity contribution in [3.63, 3.8) is 0 Å². The minimum Gasteiger partial charge on any atom is -0.395 e. The van der Waals surface area contributed by atoms with E-state index in [0.29, 0.717) is 12.6 Å². The molecular formula is C11H22N2O2. The van der Waals surface area contributed by atoms with Crippen molar-refractivity contribution >= 4 is 5.91 Å². The van der Waals surface area contributed by atoms with Crippen LogP contribution in [0.2, 0.25) is 0 Å². The molecule has 0 radical (unpaired) electrons. The van der Waals surface area contributed by atoms with Gasteiger partial charge in [0.05, 0.1) is 12.6 Å². The van der Waals surface area contributed by atoms with Gasteiger partial charge >= 0.3 is 0 Å². The lowest BCUT2D eigenvalue weighted by Crippen LogP contribution is -2.51. The molecule has 1 rings (SSSR count). The molecule has 0 spiro atoms. The van der Waals surface area contributed by atoms with Crippen LogP contribution < -0.4 is 5.73 Å². The quantitative estimate of drug-likeness (QED) is 0.709. The van der Waals surface area contributed by atoms with Gasteiger partial charge < -0.3 is 15.7 Å².